The van der Waals surface area contributed by atoms with Crippen LogP contribution in [0, 0.1) is 11.8 Å². The molecule has 2 rings (SSSR count). The van der Waals surface area contributed by atoms with Crippen molar-refractivity contribution >= 4 is 5.91 Å². The number of hydrogen-bond donors (Lipinski definition) is 2. The number of carbonyl (C=O) groups is 1. The molecular weight excluding hydrogens is 200 g/mol. The van der Waals surface area contributed by atoms with E-state index in [4.69, 9.17) is 5.73 Å². The summed E-state index contributed by atoms with van der Waals surface area (Å²) in [6, 6.07) is 0.312. The molecule has 0 aromatic heterocycles. The molecule has 1 amide bonds. The average Bonchev–Trinajstić information content (AvgIpc) is 2.73. The molecule has 92 valence electrons. The van der Waals surface area contributed by atoms with Crippen LogP contribution in [0.4, 0.5) is 0 Å². The van der Waals surface area contributed by atoms with E-state index in [1.54, 1.807) is 0 Å². The largest absolute Gasteiger partial charge is 0.356 e. The van der Waals surface area contributed by atoms with Crippen molar-refractivity contribution in [1.29, 1.82) is 0 Å². The standard InChI is InChI=1S/C13H24N2O/c14-12-8-4-7-11(12)9-15-13(16)10-5-2-1-3-6-10/h10-12H,1-9,14H2,(H,15,16). The lowest BCUT2D eigenvalue weighted by Crippen LogP contribution is -2.39. The molecule has 3 N–H and O–H groups in total. The summed E-state index contributed by atoms with van der Waals surface area (Å²) in [5.41, 5.74) is 5.99. The Kier molecular flexibility index (Phi) is 4.22. The van der Waals surface area contributed by atoms with Crippen LogP contribution in [0.2, 0.25) is 0 Å². The zero-order chi connectivity index (χ0) is 11.4. The molecule has 2 aliphatic rings. The van der Waals surface area contributed by atoms with Crippen LogP contribution in [-0.2, 0) is 4.79 Å². The maximum absolute atomic E-state index is 11.9. The minimum atomic E-state index is 0.277. The highest BCUT2D eigenvalue weighted by molar-refractivity contribution is 5.78. The maximum atomic E-state index is 11.9. The van der Waals surface area contributed by atoms with Gasteiger partial charge < -0.3 is 11.1 Å². The Morgan fingerprint density at radius 1 is 1.06 bits per heavy atom. The monoisotopic (exact) mass is 224 g/mol. The summed E-state index contributed by atoms with van der Waals surface area (Å²) in [5.74, 6) is 1.08. The Labute approximate surface area is 98.2 Å². The molecule has 3 nitrogen and oxygen atoms in total. The first-order valence-electron chi connectivity index (χ1n) is 6.80. The lowest BCUT2D eigenvalue weighted by molar-refractivity contribution is -0.126. The van der Waals surface area contributed by atoms with Crippen molar-refractivity contribution in [2.24, 2.45) is 17.6 Å². The molecule has 0 aromatic carbocycles. The van der Waals surface area contributed by atoms with Gasteiger partial charge in [-0.1, -0.05) is 25.7 Å². The molecule has 0 aliphatic heterocycles. The molecule has 0 aromatic rings. The molecule has 2 fully saturated rings. The van der Waals surface area contributed by atoms with Crippen molar-refractivity contribution in [3.8, 4) is 0 Å². The van der Waals surface area contributed by atoms with Gasteiger partial charge in [0.25, 0.3) is 0 Å². The lowest BCUT2D eigenvalue weighted by Gasteiger charge is -2.22. The van der Waals surface area contributed by atoms with E-state index in [1.165, 1.54) is 32.1 Å². The zero-order valence-electron chi connectivity index (χ0n) is 10.1. The van der Waals surface area contributed by atoms with Gasteiger partial charge in [0.15, 0.2) is 0 Å². The molecule has 2 saturated carbocycles. The topological polar surface area (TPSA) is 55.1 Å². The van der Waals surface area contributed by atoms with E-state index in [-0.39, 0.29) is 11.8 Å². The Hall–Kier alpha value is -0.570. The molecule has 3 heteroatoms. The lowest BCUT2D eigenvalue weighted by atomic mass is 9.88. The summed E-state index contributed by atoms with van der Waals surface area (Å²) in [4.78, 5) is 11.9. The van der Waals surface area contributed by atoms with Gasteiger partial charge in [0.05, 0.1) is 0 Å². The van der Waals surface area contributed by atoms with E-state index in [1.807, 2.05) is 0 Å². The van der Waals surface area contributed by atoms with Crippen LogP contribution in [0.3, 0.4) is 0 Å². The summed E-state index contributed by atoms with van der Waals surface area (Å²) in [6.45, 7) is 0.802. The number of hydrogen-bond acceptors (Lipinski definition) is 2. The van der Waals surface area contributed by atoms with E-state index >= 15 is 0 Å². The second-order valence-corrected chi connectivity index (χ2v) is 5.43. The Morgan fingerprint density at radius 2 is 1.81 bits per heavy atom. The van der Waals surface area contributed by atoms with Crippen LogP contribution < -0.4 is 11.1 Å². The molecular formula is C13H24N2O. The van der Waals surface area contributed by atoms with Crippen molar-refractivity contribution < 1.29 is 4.79 Å². The second-order valence-electron chi connectivity index (χ2n) is 5.43. The molecule has 0 heterocycles. The fraction of sp³-hybridized carbons (Fsp3) is 0.923. The highest BCUT2D eigenvalue weighted by Crippen LogP contribution is 2.25. The van der Waals surface area contributed by atoms with Gasteiger partial charge in [0, 0.05) is 18.5 Å². The van der Waals surface area contributed by atoms with Crippen molar-refractivity contribution in [2.45, 2.75) is 57.4 Å². The van der Waals surface area contributed by atoms with Gasteiger partial charge in [-0.05, 0) is 31.6 Å². The minimum absolute atomic E-state index is 0.277. The summed E-state index contributed by atoms with van der Waals surface area (Å²) in [7, 11) is 0. The van der Waals surface area contributed by atoms with Crippen molar-refractivity contribution in [1.82, 2.24) is 5.32 Å². The molecule has 0 radical (unpaired) electrons. The van der Waals surface area contributed by atoms with E-state index in [0.29, 0.717) is 12.0 Å². The first kappa shape index (κ1) is 11.9. The third kappa shape index (κ3) is 2.97. The summed E-state index contributed by atoms with van der Waals surface area (Å²) >= 11 is 0. The highest BCUT2D eigenvalue weighted by atomic mass is 16.1. The van der Waals surface area contributed by atoms with Gasteiger partial charge in [-0.2, -0.15) is 0 Å². The smallest absolute Gasteiger partial charge is 0.223 e. The Morgan fingerprint density at radius 3 is 2.44 bits per heavy atom. The summed E-state index contributed by atoms with van der Waals surface area (Å²) in [6.07, 6.45) is 9.46. The van der Waals surface area contributed by atoms with E-state index < -0.39 is 0 Å². The van der Waals surface area contributed by atoms with Gasteiger partial charge in [0.2, 0.25) is 5.91 Å². The fourth-order valence-electron chi connectivity index (χ4n) is 3.06. The molecule has 16 heavy (non-hydrogen) atoms. The molecule has 0 spiro atoms. The molecule has 2 atom stereocenters. The van der Waals surface area contributed by atoms with Crippen molar-refractivity contribution in [3.05, 3.63) is 0 Å². The third-order valence-corrected chi connectivity index (χ3v) is 4.23. The average molecular weight is 224 g/mol. The Balaban J connectivity index is 1.70. The van der Waals surface area contributed by atoms with E-state index in [2.05, 4.69) is 5.32 Å². The summed E-state index contributed by atoms with van der Waals surface area (Å²) in [5, 5.41) is 3.11. The van der Waals surface area contributed by atoms with E-state index in [0.717, 1.165) is 25.8 Å². The molecule has 2 unspecified atom stereocenters. The van der Waals surface area contributed by atoms with Gasteiger partial charge in [0.1, 0.15) is 0 Å². The van der Waals surface area contributed by atoms with E-state index in [9.17, 15) is 4.79 Å². The molecule has 0 bridgehead atoms. The van der Waals surface area contributed by atoms with Crippen LogP contribution in [0.5, 0.6) is 0 Å². The maximum Gasteiger partial charge on any atom is 0.223 e. The first-order valence-corrected chi connectivity index (χ1v) is 6.80. The van der Waals surface area contributed by atoms with Gasteiger partial charge >= 0.3 is 0 Å². The zero-order valence-corrected chi connectivity index (χ0v) is 10.1. The van der Waals surface area contributed by atoms with Gasteiger partial charge in [-0.3, -0.25) is 4.79 Å². The van der Waals surface area contributed by atoms with Crippen LogP contribution in [-0.4, -0.2) is 18.5 Å². The first-order chi connectivity index (χ1) is 7.77. The van der Waals surface area contributed by atoms with Crippen molar-refractivity contribution in [3.63, 3.8) is 0 Å². The number of nitrogens with one attached hydrogen (secondary N) is 1. The van der Waals surface area contributed by atoms with Crippen LogP contribution in [0.1, 0.15) is 51.4 Å². The SMILES string of the molecule is NC1CCCC1CNC(=O)C1CCCCC1. The van der Waals surface area contributed by atoms with Crippen LogP contribution >= 0.6 is 0 Å². The highest BCUT2D eigenvalue weighted by Gasteiger charge is 2.26. The molecule has 2 aliphatic carbocycles. The number of amides is 1. The Bertz CT molecular complexity index is 236. The summed E-state index contributed by atoms with van der Waals surface area (Å²) < 4.78 is 0. The number of nitrogens with two attached hydrogens (primary N) is 1. The minimum Gasteiger partial charge on any atom is -0.356 e. The molecule has 0 saturated heterocycles. The van der Waals surface area contributed by atoms with Gasteiger partial charge in [-0.25, -0.2) is 0 Å². The number of rotatable bonds is 3. The van der Waals surface area contributed by atoms with Crippen LogP contribution in [0.15, 0.2) is 0 Å². The normalized spacial score (nSPS) is 31.6. The predicted molar refractivity (Wildman–Crippen MR) is 64.9 cm³/mol. The number of carbonyl (C=O) groups excluding carboxylic acids is 1. The van der Waals surface area contributed by atoms with Crippen molar-refractivity contribution in [2.75, 3.05) is 6.54 Å². The van der Waals surface area contributed by atoms with Gasteiger partial charge in [-0.15, -0.1) is 0 Å². The second kappa shape index (κ2) is 5.67. The fourth-order valence-corrected chi connectivity index (χ4v) is 3.06. The predicted octanol–water partition coefficient (Wildman–Crippen LogP) is 1.81. The van der Waals surface area contributed by atoms with Crippen LogP contribution in [0.25, 0.3) is 0 Å². The quantitative estimate of drug-likeness (QED) is 0.768. The third-order valence-electron chi connectivity index (χ3n) is 4.23.